The van der Waals surface area contributed by atoms with Crippen LogP contribution in [0.2, 0.25) is 0 Å². The first-order valence-electron chi connectivity index (χ1n) is 10.7. The van der Waals surface area contributed by atoms with Crippen LogP contribution in [0.1, 0.15) is 30.9 Å². The molecule has 2 aromatic heterocycles. The Balaban J connectivity index is 1.50. The van der Waals surface area contributed by atoms with Gasteiger partial charge in [0.15, 0.2) is 5.82 Å². The average molecular weight is 426 g/mol. The number of fused-ring (bicyclic) bond motifs is 1. The maximum absolute atomic E-state index is 6.18. The molecule has 8 nitrogen and oxygen atoms in total. The van der Waals surface area contributed by atoms with Crippen LogP contribution in [0.3, 0.4) is 0 Å². The van der Waals surface area contributed by atoms with E-state index < -0.39 is 0 Å². The van der Waals surface area contributed by atoms with Crippen LogP contribution in [0.15, 0.2) is 30.7 Å². The summed E-state index contributed by atoms with van der Waals surface area (Å²) in [6, 6.07) is 6.19. The van der Waals surface area contributed by atoms with E-state index in [9.17, 15) is 0 Å². The molecule has 3 aromatic rings. The van der Waals surface area contributed by atoms with Crippen molar-refractivity contribution in [1.82, 2.24) is 19.5 Å². The Morgan fingerprint density at radius 1 is 1.13 bits per heavy atom. The van der Waals surface area contributed by atoms with E-state index in [2.05, 4.69) is 27.2 Å². The van der Waals surface area contributed by atoms with Gasteiger partial charge in [0.05, 0.1) is 20.4 Å². The fraction of sp³-hybridized carbons (Fsp3) is 0.478. The molecular formula is C23H31N5O3. The first-order chi connectivity index (χ1) is 15.1. The van der Waals surface area contributed by atoms with E-state index in [-0.39, 0.29) is 0 Å². The minimum atomic E-state index is 0.399. The molecule has 1 aliphatic rings. The normalized spacial score (nSPS) is 15.2. The maximum Gasteiger partial charge on any atom is 0.154 e. The zero-order valence-electron chi connectivity index (χ0n) is 18.7. The summed E-state index contributed by atoms with van der Waals surface area (Å²) < 4.78 is 18.8. The van der Waals surface area contributed by atoms with Crippen LogP contribution in [0.5, 0.6) is 17.2 Å². The van der Waals surface area contributed by atoms with E-state index in [4.69, 9.17) is 14.2 Å². The Morgan fingerprint density at radius 2 is 1.94 bits per heavy atom. The van der Waals surface area contributed by atoms with Gasteiger partial charge in [0.2, 0.25) is 0 Å². The van der Waals surface area contributed by atoms with E-state index in [1.165, 1.54) is 12.8 Å². The molecule has 0 aliphatic carbocycles. The van der Waals surface area contributed by atoms with Gasteiger partial charge in [-0.15, -0.1) is 0 Å². The fourth-order valence-corrected chi connectivity index (χ4v) is 4.09. The molecule has 1 N–H and O–H groups in total. The maximum atomic E-state index is 6.18. The van der Waals surface area contributed by atoms with E-state index in [0.29, 0.717) is 19.2 Å². The molecule has 0 amide bonds. The van der Waals surface area contributed by atoms with Crippen molar-refractivity contribution in [3.8, 4) is 17.2 Å². The van der Waals surface area contributed by atoms with Crippen LogP contribution in [-0.4, -0.2) is 59.5 Å². The van der Waals surface area contributed by atoms with E-state index in [0.717, 1.165) is 52.8 Å². The first kappa shape index (κ1) is 21.2. The number of aryl methyl sites for hydroxylation is 1. The van der Waals surface area contributed by atoms with Crippen LogP contribution < -0.4 is 19.5 Å². The summed E-state index contributed by atoms with van der Waals surface area (Å²) >= 11 is 0. The van der Waals surface area contributed by atoms with Gasteiger partial charge >= 0.3 is 0 Å². The van der Waals surface area contributed by atoms with Crippen LogP contribution in [0.4, 0.5) is 5.82 Å². The second kappa shape index (κ2) is 9.43. The van der Waals surface area contributed by atoms with Crippen LogP contribution in [0.25, 0.3) is 5.52 Å². The van der Waals surface area contributed by atoms with E-state index in [1.807, 2.05) is 35.8 Å². The summed E-state index contributed by atoms with van der Waals surface area (Å²) in [6.45, 7) is 7.83. The summed E-state index contributed by atoms with van der Waals surface area (Å²) in [5.74, 6) is 3.13. The number of nitrogens with zero attached hydrogens (tertiary/aromatic N) is 4. The molecule has 0 spiro atoms. The van der Waals surface area contributed by atoms with Crippen molar-refractivity contribution in [3.63, 3.8) is 0 Å². The van der Waals surface area contributed by atoms with Gasteiger partial charge in [0.25, 0.3) is 0 Å². The number of anilines is 1. The highest BCUT2D eigenvalue weighted by Gasteiger charge is 2.20. The molecule has 0 radical (unpaired) electrons. The quantitative estimate of drug-likeness (QED) is 0.562. The smallest absolute Gasteiger partial charge is 0.154 e. The standard InChI is InChI=1S/C23H31N5O3/c1-16(27-9-5-6-10-27)14-31-21-13-28-22(17(21)2)23(25-15-26-28)24-12-18-7-8-19(29-3)11-20(18)30-4/h7-8,11,13,15-16H,5-6,9-10,12,14H2,1-4H3,(H,24,25,26)/t16-/m1/s1. The van der Waals surface area contributed by atoms with E-state index in [1.54, 1.807) is 20.5 Å². The SMILES string of the molecule is COc1ccc(CNc2ncnn3cc(OC[C@@H](C)N4CCCC4)c(C)c23)c(OC)c1. The van der Waals surface area contributed by atoms with Gasteiger partial charge in [-0.25, -0.2) is 9.50 Å². The van der Waals surface area contributed by atoms with Gasteiger partial charge in [0, 0.05) is 29.8 Å². The number of likely N-dealkylation sites (tertiary alicyclic amines) is 1. The van der Waals surface area contributed by atoms with Crippen molar-refractivity contribution in [1.29, 1.82) is 0 Å². The Labute approximate surface area is 183 Å². The van der Waals surface area contributed by atoms with Gasteiger partial charge in [-0.2, -0.15) is 5.10 Å². The predicted octanol–water partition coefficient (Wildman–Crippen LogP) is 3.53. The summed E-state index contributed by atoms with van der Waals surface area (Å²) in [5.41, 5.74) is 2.96. The Morgan fingerprint density at radius 3 is 2.68 bits per heavy atom. The number of aromatic nitrogens is 3. The third kappa shape index (κ3) is 4.54. The number of ether oxygens (including phenoxy) is 3. The summed E-state index contributed by atoms with van der Waals surface area (Å²) in [7, 11) is 3.30. The molecule has 1 atom stereocenters. The highest BCUT2D eigenvalue weighted by molar-refractivity contribution is 5.75. The van der Waals surface area contributed by atoms with Crippen molar-refractivity contribution in [2.45, 2.75) is 39.3 Å². The third-order valence-corrected chi connectivity index (χ3v) is 5.97. The lowest BCUT2D eigenvalue weighted by Gasteiger charge is -2.23. The van der Waals surface area contributed by atoms with Crippen molar-refractivity contribution in [2.24, 2.45) is 0 Å². The molecule has 1 fully saturated rings. The first-order valence-corrected chi connectivity index (χ1v) is 10.7. The van der Waals surface area contributed by atoms with Crippen LogP contribution >= 0.6 is 0 Å². The summed E-state index contributed by atoms with van der Waals surface area (Å²) in [6.07, 6.45) is 6.05. The van der Waals surface area contributed by atoms with Crippen molar-refractivity contribution >= 4 is 11.3 Å². The molecule has 1 aromatic carbocycles. The Kier molecular flexibility index (Phi) is 6.46. The number of hydrogen-bond donors (Lipinski definition) is 1. The zero-order chi connectivity index (χ0) is 21.8. The molecule has 1 saturated heterocycles. The molecule has 8 heteroatoms. The highest BCUT2D eigenvalue weighted by Crippen LogP contribution is 2.30. The molecule has 31 heavy (non-hydrogen) atoms. The van der Waals surface area contributed by atoms with Gasteiger partial charge in [-0.3, -0.25) is 4.90 Å². The summed E-state index contributed by atoms with van der Waals surface area (Å²) in [5, 5.41) is 7.80. The second-order valence-electron chi connectivity index (χ2n) is 7.95. The Hall–Kier alpha value is -3.00. The molecule has 0 unspecified atom stereocenters. The largest absolute Gasteiger partial charge is 0.497 e. The zero-order valence-corrected chi connectivity index (χ0v) is 18.7. The topological polar surface area (TPSA) is 73.2 Å². The lowest BCUT2D eigenvalue weighted by atomic mass is 10.2. The predicted molar refractivity (Wildman–Crippen MR) is 120 cm³/mol. The molecule has 0 bridgehead atoms. The second-order valence-corrected chi connectivity index (χ2v) is 7.95. The average Bonchev–Trinajstić information content (AvgIpc) is 3.45. The van der Waals surface area contributed by atoms with Gasteiger partial charge < -0.3 is 19.5 Å². The van der Waals surface area contributed by atoms with E-state index >= 15 is 0 Å². The summed E-state index contributed by atoms with van der Waals surface area (Å²) in [4.78, 5) is 6.96. The van der Waals surface area contributed by atoms with Crippen molar-refractivity contribution in [2.75, 3.05) is 39.2 Å². The number of hydrogen-bond acceptors (Lipinski definition) is 7. The molecule has 3 heterocycles. The lowest BCUT2D eigenvalue weighted by Crippen LogP contribution is -2.34. The Bertz CT molecular complexity index is 1030. The van der Waals surface area contributed by atoms with Gasteiger partial charge in [-0.1, -0.05) is 0 Å². The highest BCUT2D eigenvalue weighted by atomic mass is 16.5. The minimum Gasteiger partial charge on any atom is -0.497 e. The molecule has 4 rings (SSSR count). The lowest BCUT2D eigenvalue weighted by molar-refractivity contribution is 0.172. The molecule has 0 saturated carbocycles. The van der Waals surface area contributed by atoms with Gasteiger partial charge in [-0.05, 0) is 51.9 Å². The van der Waals surface area contributed by atoms with Crippen molar-refractivity contribution < 1.29 is 14.2 Å². The van der Waals surface area contributed by atoms with Gasteiger partial charge in [0.1, 0.15) is 35.7 Å². The monoisotopic (exact) mass is 425 g/mol. The number of benzene rings is 1. The number of nitrogens with one attached hydrogen (secondary N) is 1. The molecular weight excluding hydrogens is 394 g/mol. The molecule has 166 valence electrons. The number of rotatable bonds is 9. The van der Waals surface area contributed by atoms with Crippen LogP contribution in [-0.2, 0) is 6.54 Å². The van der Waals surface area contributed by atoms with Crippen molar-refractivity contribution in [3.05, 3.63) is 41.9 Å². The minimum absolute atomic E-state index is 0.399. The molecule has 1 aliphatic heterocycles. The third-order valence-electron chi connectivity index (χ3n) is 5.97. The number of methoxy groups -OCH3 is 2. The van der Waals surface area contributed by atoms with Crippen LogP contribution in [0, 0.1) is 6.92 Å². The fourth-order valence-electron chi connectivity index (χ4n) is 4.09.